The Balaban J connectivity index is 2.46. The van der Waals surface area contributed by atoms with Crippen molar-refractivity contribution in [1.29, 1.82) is 0 Å². The van der Waals surface area contributed by atoms with Crippen LogP contribution in [0.1, 0.15) is 13.8 Å². The molecule has 0 saturated carbocycles. The maximum Gasteiger partial charge on any atom is 0.511 e. The molecule has 0 saturated heterocycles. The molecule has 0 bridgehead atoms. The lowest BCUT2D eigenvalue weighted by Gasteiger charge is -2.38. The van der Waals surface area contributed by atoms with E-state index in [2.05, 4.69) is 9.47 Å². The summed E-state index contributed by atoms with van der Waals surface area (Å²) in [6.07, 6.45) is -5.22. The minimum absolute atomic E-state index is 0.00433. The number of rotatable bonds is 1. The number of benzene rings is 1. The predicted octanol–water partition coefficient (Wildman–Crippen LogP) is 2.89. The third-order valence-electron chi connectivity index (χ3n) is 2.44. The zero-order chi connectivity index (χ0) is 13.6. The summed E-state index contributed by atoms with van der Waals surface area (Å²) in [5, 5.41) is 8.50. The van der Waals surface area contributed by atoms with Gasteiger partial charge in [0.1, 0.15) is 0 Å². The molecule has 5 nitrogen and oxygen atoms in total. The summed E-state index contributed by atoms with van der Waals surface area (Å²) in [6, 6.07) is 4.01. The molecule has 1 aromatic rings. The summed E-state index contributed by atoms with van der Waals surface area (Å²) >= 11 is 0. The molecule has 1 aliphatic heterocycles. The van der Waals surface area contributed by atoms with Crippen LogP contribution in [0.4, 0.5) is 13.6 Å². The first kappa shape index (κ1) is 12.4. The molecule has 0 aromatic heterocycles. The Bertz CT molecular complexity index is 498. The molecule has 1 aliphatic rings. The lowest BCUT2D eigenvalue weighted by molar-refractivity contribution is -0.281. The van der Waals surface area contributed by atoms with Crippen molar-refractivity contribution in [3.05, 3.63) is 18.2 Å². The Morgan fingerprint density at radius 3 is 2.61 bits per heavy atom. The average molecular weight is 260 g/mol. The van der Waals surface area contributed by atoms with E-state index in [1.807, 2.05) is 0 Å². The van der Waals surface area contributed by atoms with Gasteiger partial charge in [0, 0.05) is 0 Å². The van der Waals surface area contributed by atoms with Gasteiger partial charge in [-0.25, -0.2) is 4.79 Å². The van der Waals surface area contributed by atoms with Crippen LogP contribution in [0.3, 0.4) is 0 Å². The number of hydrogen-bond donors (Lipinski definition) is 1. The maximum absolute atomic E-state index is 13.6. The topological polar surface area (TPSA) is 65.0 Å². The van der Waals surface area contributed by atoms with Crippen molar-refractivity contribution >= 4 is 6.16 Å². The molecule has 0 unspecified atom stereocenters. The molecule has 0 spiro atoms. The molecule has 1 N–H and O–H groups in total. The van der Waals surface area contributed by atoms with Crippen LogP contribution >= 0.6 is 0 Å². The van der Waals surface area contributed by atoms with Crippen LogP contribution in [0.5, 0.6) is 17.2 Å². The van der Waals surface area contributed by atoms with Crippen molar-refractivity contribution in [2.75, 3.05) is 0 Å². The van der Waals surface area contributed by atoms with E-state index in [1.165, 1.54) is 32.0 Å². The SMILES string of the molecule is CC1(C)Oc2cccc(OC(=O)O)c2OC1(F)F. The lowest BCUT2D eigenvalue weighted by Crippen LogP contribution is -2.54. The first-order chi connectivity index (χ1) is 8.23. The fraction of sp³-hybridized carbons (Fsp3) is 0.364. The summed E-state index contributed by atoms with van der Waals surface area (Å²) in [6.45, 7) is 2.33. The summed E-state index contributed by atoms with van der Waals surface area (Å²) in [4.78, 5) is 10.4. The van der Waals surface area contributed by atoms with Gasteiger partial charge in [-0.15, -0.1) is 0 Å². The molecule has 18 heavy (non-hydrogen) atoms. The van der Waals surface area contributed by atoms with Crippen molar-refractivity contribution in [3.63, 3.8) is 0 Å². The standard InChI is InChI=1S/C11H10F2O5/c1-10(2)11(12,13)18-8-6(16-9(14)15)4-3-5-7(8)17-10/h3-5H,1-2H3,(H,14,15). The highest BCUT2D eigenvalue weighted by Gasteiger charge is 2.56. The average Bonchev–Trinajstić information content (AvgIpc) is 2.19. The van der Waals surface area contributed by atoms with Gasteiger partial charge < -0.3 is 19.3 Å². The Morgan fingerprint density at radius 2 is 2.00 bits per heavy atom. The Kier molecular flexibility index (Phi) is 2.57. The molecular weight excluding hydrogens is 250 g/mol. The van der Waals surface area contributed by atoms with Crippen molar-refractivity contribution in [2.45, 2.75) is 25.6 Å². The lowest BCUT2D eigenvalue weighted by atomic mass is 10.1. The Hall–Kier alpha value is -2.05. The number of hydrogen-bond acceptors (Lipinski definition) is 4. The summed E-state index contributed by atoms with van der Waals surface area (Å²) in [5.74, 6) is -0.760. The van der Waals surface area contributed by atoms with Crippen LogP contribution < -0.4 is 14.2 Å². The second kappa shape index (κ2) is 3.72. The van der Waals surface area contributed by atoms with Gasteiger partial charge in [-0.1, -0.05) is 6.07 Å². The minimum atomic E-state index is -3.60. The van der Waals surface area contributed by atoms with E-state index in [0.29, 0.717) is 0 Å². The molecular formula is C11H10F2O5. The minimum Gasteiger partial charge on any atom is -0.473 e. The normalized spacial score (nSPS) is 19.1. The van der Waals surface area contributed by atoms with Crippen LogP contribution in [-0.2, 0) is 0 Å². The van der Waals surface area contributed by atoms with Gasteiger partial charge in [0.2, 0.25) is 11.4 Å². The van der Waals surface area contributed by atoms with E-state index >= 15 is 0 Å². The molecule has 0 atom stereocenters. The van der Waals surface area contributed by atoms with Crippen LogP contribution in [-0.4, -0.2) is 23.0 Å². The van der Waals surface area contributed by atoms with Gasteiger partial charge in [0.15, 0.2) is 11.5 Å². The van der Waals surface area contributed by atoms with Crippen molar-refractivity contribution < 1.29 is 32.9 Å². The molecule has 98 valence electrons. The highest BCUT2D eigenvalue weighted by atomic mass is 19.3. The Morgan fingerprint density at radius 1 is 1.33 bits per heavy atom. The molecule has 2 rings (SSSR count). The quantitative estimate of drug-likeness (QED) is 0.621. The molecule has 0 radical (unpaired) electrons. The number of carbonyl (C=O) groups is 1. The highest BCUT2D eigenvalue weighted by Crippen LogP contribution is 2.49. The monoisotopic (exact) mass is 260 g/mol. The molecule has 0 aliphatic carbocycles. The van der Waals surface area contributed by atoms with Crippen LogP contribution in [0.25, 0.3) is 0 Å². The zero-order valence-electron chi connectivity index (χ0n) is 9.57. The number of fused-ring (bicyclic) bond motifs is 1. The first-order valence-corrected chi connectivity index (χ1v) is 5.02. The highest BCUT2D eigenvalue weighted by molar-refractivity contribution is 5.65. The van der Waals surface area contributed by atoms with Crippen molar-refractivity contribution in [2.24, 2.45) is 0 Å². The number of carboxylic acid groups (broad SMARTS) is 1. The maximum atomic E-state index is 13.6. The van der Waals surface area contributed by atoms with E-state index in [9.17, 15) is 13.6 Å². The number of alkyl halides is 2. The van der Waals surface area contributed by atoms with Gasteiger partial charge in [-0.05, 0) is 26.0 Å². The van der Waals surface area contributed by atoms with E-state index in [-0.39, 0.29) is 11.5 Å². The van der Waals surface area contributed by atoms with Gasteiger partial charge in [-0.2, -0.15) is 8.78 Å². The molecule has 1 heterocycles. The summed E-state index contributed by atoms with van der Waals surface area (Å²) in [7, 11) is 0. The summed E-state index contributed by atoms with van der Waals surface area (Å²) < 4.78 is 41.2. The third-order valence-corrected chi connectivity index (χ3v) is 2.44. The number of halogens is 2. The molecule has 7 heteroatoms. The van der Waals surface area contributed by atoms with Gasteiger partial charge in [-0.3, -0.25) is 0 Å². The molecule has 0 fully saturated rings. The smallest absolute Gasteiger partial charge is 0.473 e. The largest absolute Gasteiger partial charge is 0.511 e. The predicted molar refractivity (Wildman–Crippen MR) is 55.4 cm³/mol. The number of ether oxygens (including phenoxy) is 3. The second-order valence-electron chi connectivity index (χ2n) is 4.18. The van der Waals surface area contributed by atoms with Gasteiger partial charge in [0.05, 0.1) is 0 Å². The third kappa shape index (κ3) is 1.92. The fourth-order valence-corrected chi connectivity index (χ4v) is 1.44. The van der Waals surface area contributed by atoms with E-state index in [1.54, 1.807) is 0 Å². The van der Waals surface area contributed by atoms with E-state index in [0.717, 1.165) is 0 Å². The molecule has 0 amide bonds. The first-order valence-electron chi connectivity index (χ1n) is 5.02. The van der Waals surface area contributed by atoms with Crippen molar-refractivity contribution in [1.82, 2.24) is 0 Å². The summed E-state index contributed by atoms with van der Waals surface area (Å²) in [5.41, 5.74) is -1.86. The van der Waals surface area contributed by atoms with E-state index < -0.39 is 23.6 Å². The zero-order valence-corrected chi connectivity index (χ0v) is 9.57. The van der Waals surface area contributed by atoms with Crippen molar-refractivity contribution in [3.8, 4) is 17.2 Å². The Labute approximate surface area is 101 Å². The number of para-hydroxylation sites is 1. The van der Waals surface area contributed by atoms with Crippen LogP contribution in [0, 0.1) is 0 Å². The van der Waals surface area contributed by atoms with Gasteiger partial charge in [0.25, 0.3) is 0 Å². The van der Waals surface area contributed by atoms with Crippen LogP contribution in [0.15, 0.2) is 18.2 Å². The van der Waals surface area contributed by atoms with Gasteiger partial charge >= 0.3 is 12.3 Å². The molecule has 1 aromatic carbocycles. The van der Waals surface area contributed by atoms with Crippen LogP contribution in [0.2, 0.25) is 0 Å². The van der Waals surface area contributed by atoms with E-state index in [4.69, 9.17) is 9.84 Å². The second-order valence-corrected chi connectivity index (χ2v) is 4.18. The fourth-order valence-electron chi connectivity index (χ4n) is 1.44.